The molecule has 1 unspecified atom stereocenters. The van der Waals surface area contributed by atoms with Crippen molar-refractivity contribution in [2.24, 2.45) is 5.92 Å². The summed E-state index contributed by atoms with van der Waals surface area (Å²) in [7, 11) is 0. The summed E-state index contributed by atoms with van der Waals surface area (Å²) in [6.45, 7) is 2.26. The van der Waals surface area contributed by atoms with Gasteiger partial charge in [0, 0.05) is 0 Å². The Morgan fingerprint density at radius 1 is 1.22 bits per heavy atom. The van der Waals surface area contributed by atoms with Crippen molar-refractivity contribution in [3.8, 4) is 6.07 Å². The van der Waals surface area contributed by atoms with E-state index in [1.54, 1.807) is 6.07 Å². The Labute approximate surface area is 140 Å². The predicted molar refractivity (Wildman–Crippen MR) is 93.6 cm³/mol. The van der Waals surface area contributed by atoms with Crippen LogP contribution in [-0.4, -0.2) is 0 Å². The van der Waals surface area contributed by atoms with Gasteiger partial charge in [0.2, 0.25) is 0 Å². The maximum absolute atomic E-state index is 13.6. The van der Waals surface area contributed by atoms with Gasteiger partial charge in [-0.1, -0.05) is 56.7 Å². The van der Waals surface area contributed by atoms with Gasteiger partial charge in [-0.2, -0.15) is 5.26 Å². The van der Waals surface area contributed by atoms with Crippen LogP contribution in [0, 0.1) is 23.1 Å². The van der Waals surface area contributed by atoms with Gasteiger partial charge in [0.25, 0.3) is 0 Å². The van der Waals surface area contributed by atoms with Crippen LogP contribution in [0.5, 0.6) is 0 Å². The van der Waals surface area contributed by atoms with Crippen molar-refractivity contribution in [1.29, 1.82) is 5.26 Å². The highest BCUT2D eigenvalue weighted by atomic mass is 19.1. The molecule has 0 amide bonds. The molecule has 0 fully saturated rings. The fourth-order valence-electron chi connectivity index (χ4n) is 3.40. The number of hydrogen-bond donors (Lipinski definition) is 0. The molecule has 0 heterocycles. The van der Waals surface area contributed by atoms with E-state index in [1.807, 2.05) is 12.1 Å². The molecular formula is C21H28FN. The van der Waals surface area contributed by atoms with Crippen molar-refractivity contribution in [1.82, 2.24) is 0 Å². The summed E-state index contributed by atoms with van der Waals surface area (Å²) >= 11 is 0. The lowest BCUT2D eigenvalue weighted by Gasteiger charge is -2.22. The highest BCUT2D eigenvalue weighted by Gasteiger charge is 2.14. The molecule has 1 aliphatic carbocycles. The Hall–Kier alpha value is -1.62. The first-order chi connectivity index (χ1) is 11.2. The fourth-order valence-corrected chi connectivity index (χ4v) is 3.40. The molecule has 1 aromatic carbocycles. The van der Waals surface area contributed by atoms with Crippen LogP contribution in [0.15, 0.2) is 29.8 Å². The van der Waals surface area contributed by atoms with Gasteiger partial charge in [-0.15, -0.1) is 0 Å². The summed E-state index contributed by atoms with van der Waals surface area (Å²) in [6.07, 6.45) is 14.9. The number of aryl methyl sites for hydroxylation is 1. The van der Waals surface area contributed by atoms with E-state index >= 15 is 0 Å². The number of benzene rings is 1. The van der Waals surface area contributed by atoms with E-state index in [2.05, 4.69) is 13.0 Å². The maximum atomic E-state index is 13.6. The van der Waals surface area contributed by atoms with Crippen LogP contribution in [0.4, 0.5) is 4.39 Å². The van der Waals surface area contributed by atoms with Crippen molar-refractivity contribution in [2.75, 3.05) is 0 Å². The smallest absolute Gasteiger partial charge is 0.141 e. The zero-order chi connectivity index (χ0) is 16.5. The molecule has 1 nitrogen and oxygen atoms in total. The zero-order valence-corrected chi connectivity index (χ0v) is 14.3. The molecule has 0 saturated carbocycles. The van der Waals surface area contributed by atoms with Crippen LogP contribution >= 0.6 is 0 Å². The van der Waals surface area contributed by atoms with Gasteiger partial charge in [-0.25, -0.2) is 4.39 Å². The summed E-state index contributed by atoms with van der Waals surface area (Å²) in [6, 6.07) is 6.85. The lowest BCUT2D eigenvalue weighted by atomic mass is 9.84. The van der Waals surface area contributed by atoms with Crippen LogP contribution in [0.25, 0.3) is 0 Å². The molecule has 0 aliphatic heterocycles. The standard InChI is InChI=1S/C21H28FN/c1-2-3-4-5-6-17-7-9-18(10-8-17)11-12-19-13-14-20(16-23)21(22)15-19/h9,13-15,17H,2-8,10-12H2,1H3. The van der Waals surface area contributed by atoms with Crippen LogP contribution in [0.1, 0.15) is 75.8 Å². The van der Waals surface area contributed by atoms with E-state index in [4.69, 9.17) is 5.26 Å². The van der Waals surface area contributed by atoms with E-state index in [-0.39, 0.29) is 5.56 Å². The molecule has 2 rings (SSSR count). The summed E-state index contributed by atoms with van der Waals surface area (Å²) in [4.78, 5) is 0. The summed E-state index contributed by atoms with van der Waals surface area (Å²) in [5.74, 6) is 0.484. The van der Waals surface area contributed by atoms with E-state index in [0.29, 0.717) is 0 Å². The summed E-state index contributed by atoms with van der Waals surface area (Å²) < 4.78 is 13.6. The number of unbranched alkanes of at least 4 members (excludes halogenated alkanes) is 3. The van der Waals surface area contributed by atoms with Gasteiger partial charge in [-0.3, -0.25) is 0 Å². The van der Waals surface area contributed by atoms with Gasteiger partial charge in [0.15, 0.2) is 0 Å². The molecule has 0 spiro atoms. The zero-order valence-electron chi connectivity index (χ0n) is 14.3. The van der Waals surface area contributed by atoms with Crippen molar-refractivity contribution in [3.05, 3.63) is 46.8 Å². The molecule has 124 valence electrons. The van der Waals surface area contributed by atoms with Crippen molar-refractivity contribution in [2.45, 2.75) is 71.1 Å². The lowest BCUT2D eigenvalue weighted by molar-refractivity contribution is 0.411. The van der Waals surface area contributed by atoms with Crippen LogP contribution in [0.3, 0.4) is 0 Å². The molecule has 0 radical (unpaired) electrons. The molecular weight excluding hydrogens is 285 g/mol. The van der Waals surface area contributed by atoms with E-state index < -0.39 is 5.82 Å². The first-order valence-electron chi connectivity index (χ1n) is 9.09. The predicted octanol–water partition coefficient (Wildman–Crippen LogP) is 6.33. The monoisotopic (exact) mass is 313 g/mol. The summed E-state index contributed by atoms with van der Waals surface area (Å²) in [5, 5.41) is 8.76. The quantitative estimate of drug-likeness (QED) is 0.406. The number of nitrogens with zero attached hydrogens (tertiary/aromatic N) is 1. The fraction of sp³-hybridized carbons (Fsp3) is 0.571. The average molecular weight is 313 g/mol. The number of hydrogen-bond acceptors (Lipinski definition) is 1. The minimum absolute atomic E-state index is 0.136. The molecule has 0 bridgehead atoms. The van der Waals surface area contributed by atoms with Crippen molar-refractivity contribution < 1.29 is 4.39 Å². The second-order valence-electron chi connectivity index (χ2n) is 6.78. The molecule has 1 aromatic rings. The lowest BCUT2D eigenvalue weighted by Crippen LogP contribution is -2.06. The highest BCUT2D eigenvalue weighted by Crippen LogP contribution is 2.30. The first-order valence-corrected chi connectivity index (χ1v) is 9.09. The third kappa shape index (κ3) is 5.82. The van der Waals surface area contributed by atoms with Crippen molar-refractivity contribution in [3.63, 3.8) is 0 Å². The Balaban J connectivity index is 1.74. The normalized spacial score (nSPS) is 17.6. The third-order valence-electron chi connectivity index (χ3n) is 4.97. The molecule has 1 atom stereocenters. The average Bonchev–Trinajstić information content (AvgIpc) is 2.58. The van der Waals surface area contributed by atoms with Gasteiger partial charge in [0.1, 0.15) is 11.9 Å². The van der Waals surface area contributed by atoms with E-state index in [1.165, 1.54) is 63.0 Å². The number of halogens is 1. The highest BCUT2D eigenvalue weighted by molar-refractivity contribution is 5.33. The molecule has 0 saturated heterocycles. The second kappa shape index (κ2) is 9.50. The minimum atomic E-state index is -0.394. The molecule has 0 aromatic heterocycles. The van der Waals surface area contributed by atoms with Crippen LogP contribution < -0.4 is 0 Å². The second-order valence-corrected chi connectivity index (χ2v) is 6.78. The van der Waals surface area contributed by atoms with Crippen molar-refractivity contribution >= 4 is 0 Å². The SMILES string of the molecule is CCCCCCC1CC=C(CCc2ccc(C#N)c(F)c2)CC1. The van der Waals surface area contributed by atoms with E-state index in [9.17, 15) is 4.39 Å². The van der Waals surface area contributed by atoms with Gasteiger partial charge in [-0.05, 0) is 55.7 Å². The van der Waals surface area contributed by atoms with Gasteiger partial charge >= 0.3 is 0 Å². The minimum Gasteiger partial charge on any atom is -0.206 e. The van der Waals surface area contributed by atoms with Gasteiger partial charge in [0.05, 0.1) is 5.56 Å². The molecule has 1 aliphatic rings. The summed E-state index contributed by atoms with van der Waals surface area (Å²) in [5.41, 5.74) is 2.65. The van der Waals surface area contributed by atoms with E-state index in [0.717, 1.165) is 24.3 Å². The third-order valence-corrected chi connectivity index (χ3v) is 4.97. The number of rotatable bonds is 8. The van der Waals surface area contributed by atoms with Gasteiger partial charge < -0.3 is 0 Å². The largest absolute Gasteiger partial charge is 0.206 e. The molecule has 0 N–H and O–H groups in total. The Morgan fingerprint density at radius 3 is 2.74 bits per heavy atom. The maximum Gasteiger partial charge on any atom is 0.141 e. The Bertz CT molecular complexity index is 568. The Kier molecular flexibility index (Phi) is 7.33. The number of nitriles is 1. The molecule has 23 heavy (non-hydrogen) atoms. The number of allylic oxidation sites excluding steroid dienone is 2. The first kappa shape index (κ1) is 17.7. The Morgan fingerprint density at radius 2 is 2.09 bits per heavy atom. The topological polar surface area (TPSA) is 23.8 Å². The van der Waals surface area contributed by atoms with Crippen LogP contribution in [-0.2, 0) is 6.42 Å². The van der Waals surface area contributed by atoms with Crippen LogP contribution in [0.2, 0.25) is 0 Å². The molecule has 2 heteroatoms.